The highest BCUT2D eigenvalue weighted by Crippen LogP contribution is 2.46. The summed E-state index contributed by atoms with van der Waals surface area (Å²) in [4.78, 5) is 82.8. The summed E-state index contributed by atoms with van der Waals surface area (Å²) in [7, 11) is 0. The number of amides is 5. The number of nitrogens with zero attached hydrogens (tertiary/aromatic N) is 4. The van der Waals surface area contributed by atoms with Gasteiger partial charge in [0, 0.05) is 72.2 Å². The molecule has 0 bridgehead atoms. The van der Waals surface area contributed by atoms with E-state index in [1.54, 1.807) is 0 Å². The van der Waals surface area contributed by atoms with Crippen LogP contribution in [0.1, 0.15) is 132 Å². The predicted octanol–water partition coefficient (Wildman–Crippen LogP) is 11.1. The standard InChI is InChI=1S/C35H44N4O5.C30H36N4O3/c1-35(2,3)44-33(41)37-30(24-14-8-5-9-15-24)32(40)38-19-18-29-31(38)27(26-20-36-28-17-11-10-16-25(26)28)21-39(29)34(42)43-22-23-12-6-4-7-13-23;31-27(21-11-5-2-6-12-21)29(35)33-16-15-26-28(33)24(23-17-32-25-14-8-7-13-22(23)25)18-34(26)30(36)37-19-20-9-3-1-4-10-20/h4,6-7,10-13,16-17,20,24,27,29-31,36H,5,8-9,14-15,18-19,21-22H2,1-3H3,(H,37,41);1,3-4,7-10,13-14,17,21,24,26-28,32H,2,5-6,11-12,15-16,18-19,31H2/t27-,29+,30-,31+;24-,26+,27-,28+/m00/s1. The van der Waals surface area contributed by atoms with Crippen molar-refractivity contribution in [1.29, 1.82) is 0 Å². The van der Waals surface area contributed by atoms with Gasteiger partial charge in [0.15, 0.2) is 0 Å². The second-order valence-corrected chi connectivity index (χ2v) is 24.4. The van der Waals surface area contributed by atoms with Crippen LogP contribution in [-0.2, 0) is 37.0 Å². The number of aromatic amines is 2. The van der Waals surface area contributed by atoms with Gasteiger partial charge in [-0.15, -0.1) is 0 Å². The molecule has 2 aromatic heterocycles. The fourth-order valence-electron chi connectivity index (χ4n) is 14.4. The number of likely N-dealkylation sites (tertiary alicyclic amines) is 4. The minimum atomic E-state index is -0.674. The summed E-state index contributed by atoms with van der Waals surface area (Å²) in [6, 6.07) is 34.0. The zero-order chi connectivity index (χ0) is 56.2. The average molecular weight is 1100 g/mol. The zero-order valence-corrected chi connectivity index (χ0v) is 47.2. The lowest BCUT2D eigenvalue weighted by Crippen LogP contribution is -2.55. The van der Waals surface area contributed by atoms with E-state index in [2.05, 4.69) is 33.5 Å². The number of para-hydroxylation sites is 2. The van der Waals surface area contributed by atoms with Gasteiger partial charge in [0.05, 0.1) is 30.2 Å². The molecule has 6 aliphatic rings. The number of benzene rings is 4. The van der Waals surface area contributed by atoms with E-state index in [-0.39, 0.29) is 85.1 Å². The Morgan fingerprint density at radius 1 is 0.556 bits per heavy atom. The van der Waals surface area contributed by atoms with Gasteiger partial charge in [-0.3, -0.25) is 9.59 Å². The molecule has 16 nitrogen and oxygen atoms in total. The molecule has 2 saturated carbocycles. The zero-order valence-electron chi connectivity index (χ0n) is 47.2. The molecule has 8 atom stereocenters. The first kappa shape index (κ1) is 55.6. The first-order chi connectivity index (χ1) is 39.3. The molecule has 4 aromatic carbocycles. The van der Waals surface area contributed by atoms with E-state index in [4.69, 9.17) is 19.9 Å². The van der Waals surface area contributed by atoms with E-state index in [1.807, 2.05) is 144 Å². The van der Waals surface area contributed by atoms with Crippen LogP contribution in [0.15, 0.2) is 122 Å². The first-order valence-corrected chi connectivity index (χ1v) is 29.7. The number of hydrogen-bond acceptors (Lipinski definition) is 9. The number of hydrogen-bond donors (Lipinski definition) is 4. The summed E-state index contributed by atoms with van der Waals surface area (Å²) >= 11 is 0. The number of fused-ring (bicyclic) bond motifs is 4. The Balaban J connectivity index is 0.000000173. The highest BCUT2D eigenvalue weighted by Gasteiger charge is 2.56. The van der Waals surface area contributed by atoms with Gasteiger partial charge in [0.2, 0.25) is 11.8 Å². The second kappa shape index (κ2) is 24.4. The number of H-pyrrole nitrogens is 2. The molecule has 6 heterocycles. The Morgan fingerprint density at radius 3 is 1.46 bits per heavy atom. The number of nitrogens with two attached hydrogens (primary N) is 1. The van der Waals surface area contributed by atoms with Crippen molar-refractivity contribution < 1.29 is 38.2 Å². The average Bonchev–Trinajstić information content (AvgIpc) is 4.51. The molecule has 5 N–H and O–H groups in total. The van der Waals surface area contributed by atoms with Crippen LogP contribution in [0.3, 0.4) is 0 Å². The number of ether oxygens (including phenoxy) is 3. The van der Waals surface area contributed by atoms with Crippen LogP contribution in [0.5, 0.6) is 0 Å². The summed E-state index contributed by atoms with van der Waals surface area (Å²) in [5.74, 6) is 0.141. The molecule has 4 saturated heterocycles. The van der Waals surface area contributed by atoms with Crippen LogP contribution >= 0.6 is 0 Å². The van der Waals surface area contributed by atoms with Gasteiger partial charge < -0.3 is 54.8 Å². The van der Waals surface area contributed by atoms with E-state index < -0.39 is 23.8 Å². The molecule has 6 fully saturated rings. The SMILES string of the molecule is CC(C)(C)OC(=O)N[C@H](C(=O)N1CC[C@@H]2[C@H]1[C@H](c1c[nH]c3ccccc13)CN2C(=O)OCc1ccccc1)C1CCCCC1.N[C@H](C(=O)N1CC[C@@H]2[C@H]1[C@H](c1c[nH]c3ccccc13)CN2C(=O)OCc1ccccc1)C1CCCCC1. The van der Waals surface area contributed by atoms with Gasteiger partial charge in [-0.05, 0) is 106 Å². The summed E-state index contributed by atoms with van der Waals surface area (Å²) in [6.07, 6.45) is 14.8. The summed E-state index contributed by atoms with van der Waals surface area (Å²) in [5, 5.41) is 5.22. The minimum absolute atomic E-state index is 0.00423. The number of carbonyl (C=O) groups excluding carboxylic acids is 5. The van der Waals surface area contributed by atoms with Crippen molar-refractivity contribution in [2.24, 2.45) is 17.6 Å². The van der Waals surface area contributed by atoms with E-state index in [0.29, 0.717) is 32.6 Å². The Labute approximate surface area is 475 Å². The van der Waals surface area contributed by atoms with E-state index >= 15 is 0 Å². The molecule has 2 aliphatic carbocycles. The van der Waals surface area contributed by atoms with Crippen LogP contribution in [0.4, 0.5) is 14.4 Å². The van der Waals surface area contributed by atoms with Gasteiger partial charge in [-0.2, -0.15) is 0 Å². The normalized spacial score (nSPS) is 23.8. The lowest BCUT2D eigenvalue weighted by Gasteiger charge is -2.36. The largest absolute Gasteiger partial charge is 0.445 e. The quantitative estimate of drug-likeness (QED) is 0.0913. The summed E-state index contributed by atoms with van der Waals surface area (Å²) in [6.45, 7) is 8.00. The lowest BCUT2D eigenvalue weighted by atomic mass is 9.83. The molecule has 6 aromatic rings. The fourth-order valence-corrected chi connectivity index (χ4v) is 14.4. The molecule has 428 valence electrons. The third-order valence-electron chi connectivity index (χ3n) is 18.2. The number of rotatable bonds is 11. The van der Waals surface area contributed by atoms with Crippen molar-refractivity contribution in [2.45, 2.75) is 165 Å². The Morgan fingerprint density at radius 2 is 0.988 bits per heavy atom. The summed E-state index contributed by atoms with van der Waals surface area (Å²) < 4.78 is 17.2. The van der Waals surface area contributed by atoms with Crippen molar-refractivity contribution in [1.82, 2.24) is 34.9 Å². The van der Waals surface area contributed by atoms with Crippen LogP contribution in [0.25, 0.3) is 21.8 Å². The number of aromatic nitrogens is 2. The van der Waals surface area contributed by atoms with Crippen molar-refractivity contribution in [3.8, 4) is 0 Å². The van der Waals surface area contributed by atoms with E-state index in [0.717, 1.165) is 108 Å². The highest BCUT2D eigenvalue weighted by atomic mass is 16.6. The van der Waals surface area contributed by atoms with Gasteiger partial charge in [-0.25, -0.2) is 14.4 Å². The third kappa shape index (κ3) is 12.0. The molecule has 16 heteroatoms. The fraction of sp³-hybridized carbons (Fsp3) is 0.492. The molecule has 0 radical (unpaired) electrons. The van der Waals surface area contributed by atoms with E-state index in [9.17, 15) is 24.0 Å². The Kier molecular flexibility index (Phi) is 16.7. The Hall–Kier alpha value is -7.33. The van der Waals surface area contributed by atoms with Crippen LogP contribution in [-0.4, -0.2) is 128 Å². The predicted molar refractivity (Wildman–Crippen MR) is 311 cm³/mol. The molecule has 12 rings (SSSR count). The monoisotopic (exact) mass is 1100 g/mol. The number of nitrogens with one attached hydrogen (secondary N) is 3. The molecule has 81 heavy (non-hydrogen) atoms. The Bertz CT molecular complexity index is 3140. The van der Waals surface area contributed by atoms with Gasteiger partial charge in [0.25, 0.3) is 0 Å². The molecule has 0 unspecified atom stereocenters. The second-order valence-electron chi connectivity index (χ2n) is 24.4. The molecule has 4 aliphatic heterocycles. The maximum Gasteiger partial charge on any atom is 0.410 e. The lowest BCUT2D eigenvalue weighted by molar-refractivity contribution is -0.136. The van der Waals surface area contributed by atoms with Crippen molar-refractivity contribution >= 4 is 51.9 Å². The van der Waals surface area contributed by atoms with Gasteiger partial charge in [-0.1, -0.05) is 136 Å². The van der Waals surface area contributed by atoms with Crippen LogP contribution < -0.4 is 11.1 Å². The number of alkyl carbamates (subject to hydrolysis) is 1. The van der Waals surface area contributed by atoms with Crippen molar-refractivity contribution in [3.63, 3.8) is 0 Å². The van der Waals surface area contributed by atoms with E-state index in [1.165, 1.54) is 6.42 Å². The topological polar surface area (TPSA) is 196 Å². The van der Waals surface area contributed by atoms with Crippen molar-refractivity contribution in [3.05, 3.63) is 144 Å². The smallest absolute Gasteiger partial charge is 0.410 e. The van der Waals surface area contributed by atoms with Gasteiger partial charge >= 0.3 is 18.3 Å². The summed E-state index contributed by atoms with van der Waals surface area (Å²) in [5.41, 5.74) is 12.1. The van der Waals surface area contributed by atoms with Crippen LogP contribution in [0.2, 0.25) is 0 Å². The molecular formula is C65H80N8O8. The third-order valence-corrected chi connectivity index (χ3v) is 18.2. The maximum atomic E-state index is 14.6. The molecule has 0 spiro atoms. The molecule has 5 amide bonds. The highest BCUT2D eigenvalue weighted by molar-refractivity contribution is 5.89. The van der Waals surface area contributed by atoms with Gasteiger partial charge in [0.1, 0.15) is 24.9 Å². The molecular weight excluding hydrogens is 1020 g/mol. The van der Waals surface area contributed by atoms with Crippen molar-refractivity contribution in [2.75, 3.05) is 26.2 Å². The number of carbonyl (C=O) groups is 5. The van der Waals surface area contributed by atoms with Crippen LogP contribution in [0, 0.1) is 11.8 Å². The first-order valence-electron chi connectivity index (χ1n) is 29.7. The maximum absolute atomic E-state index is 14.6. The minimum Gasteiger partial charge on any atom is -0.445 e.